The van der Waals surface area contributed by atoms with Crippen molar-refractivity contribution in [2.45, 2.75) is 63.1 Å². The zero-order valence-corrected chi connectivity index (χ0v) is 15.8. The van der Waals surface area contributed by atoms with Crippen molar-refractivity contribution in [2.75, 3.05) is 19.3 Å². The van der Waals surface area contributed by atoms with Gasteiger partial charge in [0.25, 0.3) is 0 Å². The zero-order valence-electron chi connectivity index (χ0n) is 15.8. The largest absolute Gasteiger partial charge is 0.382 e. The molecule has 4 rings (SSSR count). The monoisotopic (exact) mass is 377 g/mol. The third-order valence-corrected chi connectivity index (χ3v) is 5.23. The molecule has 2 aromatic rings. The lowest BCUT2D eigenvalue weighted by Crippen LogP contribution is -2.37. The Bertz CT molecular complexity index is 811. The first kappa shape index (κ1) is 18.5. The average molecular weight is 377 g/mol. The summed E-state index contributed by atoms with van der Waals surface area (Å²) in [5, 5.41) is 3.30. The van der Waals surface area contributed by atoms with Gasteiger partial charge in [-0.2, -0.15) is 0 Å². The molecule has 2 aromatic heterocycles. The van der Waals surface area contributed by atoms with Crippen molar-refractivity contribution in [3.8, 4) is 0 Å². The van der Waals surface area contributed by atoms with Gasteiger partial charge in [0.1, 0.15) is 24.1 Å². The maximum absolute atomic E-state index is 6.38. The third-order valence-electron chi connectivity index (χ3n) is 5.23. The fraction of sp³-hybridized carbons (Fsp3) is 0.706. The van der Waals surface area contributed by atoms with Crippen LogP contribution in [0, 0.1) is 0 Å². The molecule has 0 aliphatic carbocycles. The van der Waals surface area contributed by atoms with Crippen molar-refractivity contribution in [1.82, 2.24) is 24.8 Å². The topological polar surface area (TPSA) is 135 Å². The van der Waals surface area contributed by atoms with E-state index in [2.05, 4.69) is 20.3 Å². The van der Waals surface area contributed by atoms with Crippen LogP contribution in [-0.4, -0.2) is 63.3 Å². The first-order valence-electron chi connectivity index (χ1n) is 9.25. The number of aromatic nitrogens is 4. The second kappa shape index (κ2) is 6.95. The molecular formula is C17H27N7O3. The van der Waals surface area contributed by atoms with Gasteiger partial charge in [0.05, 0.1) is 12.4 Å². The van der Waals surface area contributed by atoms with Crippen molar-refractivity contribution in [1.29, 1.82) is 0 Å². The number of rotatable bonds is 6. The van der Waals surface area contributed by atoms with Gasteiger partial charge in [0, 0.05) is 6.04 Å². The highest BCUT2D eigenvalue weighted by Gasteiger charge is 2.56. The Balaban J connectivity index is 1.65. The van der Waals surface area contributed by atoms with Gasteiger partial charge in [0.15, 0.2) is 23.5 Å². The minimum absolute atomic E-state index is 0.137. The van der Waals surface area contributed by atoms with Crippen molar-refractivity contribution in [3.63, 3.8) is 0 Å². The van der Waals surface area contributed by atoms with Crippen LogP contribution in [0.15, 0.2) is 12.7 Å². The number of nitrogens with one attached hydrogen (secondary N) is 1. The van der Waals surface area contributed by atoms with Crippen molar-refractivity contribution >= 4 is 17.0 Å². The minimum Gasteiger partial charge on any atom is -0.382 e. The Morgan fingerprint density at radius 2 is 2.04 bits per heavy atom. The van der Waals surface area contributed by atoms with Gasteiger partial charge in [-0.25, -0.2) is 15.0 Å². The molecule has 10 heteroatoms. The molecular weight excluding hydrogens is 350 g/mol. The van der Waals surface area contributed by atoms with Crippen LogP contribution in [0.4, 0.5) is 5.82 Å². The Morgan fingerprint density at radius 1 is 1.26 bits per heavy atom. The molecule has 0 radical (unpaired) electrons. The molecule has 10 nitrogen and oxygen atoms in total. The molecule has 148 valence electrons. The van der Waals surface area contributed by atoms with Gasteiger partial charge >= 0.3 is 0 Å². The summed E-state index contributed by atoms with van der Waals surface area (Å²) in [5.41, 5.74) is 12.8. The highest BCUT2D eigenvalue weighted by Crippen LogP contribution is 2.45. The number of hydrogen-bond acceptors (Lipinski definition) is 9. The summed E-state index contributed by atoms with van der Waals surface area (Å²) in [6.07, 6.45) is 3.73. The summed E-state index contributed by atoms with van der Waals surface area (Å²) in [7, 11) is 1.93. The quantitative estimate of drug-likeness (QED) is 0.643. The standard InChI is InChI=1S/C17H27N7O3/c1-17(2)26-12-10(6-9(20-3)4-5-18)25-16(13(12)27-17)24-8-23-11-14(19)21-7-22-15(11)24/h7-10,12-13,16,20H,4-6,18H2,1-3H3,(H2,19,21,22)/t9?,10-,12-,13-,16-/m1/s1. The van der Waals surface area contributed by atoms with Crippen LogP contribution in [-0.2, 0) is 14.2 Å². The van der Waals surface area contributed by atoms with Crippen LogP contribution >= 0.6 is 0 Å². The second-order valence-corrected chi connectivity index (χ2v) is 7.51. The van der Waals surface area contributed by atoms with Gasteiger partial charge < -0.3 is 31.0 Å². The molecule has 2 aliphatic heterocycles. The van der Waals surface area contributed by atoms with E-state index in [9.17, 15) is 0 Å². The summed E-state index contributed by atoms with van der Waals surface area (Å²) in [6.45, 7) is 4.45. The first-order chi connectivity index (χ1) is 12.9. The van der Waals surface area contributed by atoms with Crippen molar-refractivity contribution < 1.29 is 14.2 Å². The number of anilines is 1. The Labute approximate surface area is 157 Å². The van der Waals surface area contributed by atoms with Crippen molar-refractivity contribution in [3.05, 3.63) is 12.7 Å². The molecule has 27 heavy (non-hydrogen) atoms. The predicted octanol–water partition coefficient (Wildman–Crippen LogP) is 0.153. The molecule has 2 saturated heterocycles. The van der Waals surface area contributed by atoms with E-state index in [0.717, 1.165) is 12.8 Å². The van der Waals surface area contributed by atoms with E-state index in [1.165, 1.54) is 6.33 Å². The van der Waals surface area contributed by atoms with Gasteiger partial charge in [0.2, 0.25) is 0 Å². The summed E-state index contributed by atoms with van der Waals surface area (Å²) in [4.78, 5) is 12.7. The molecule has 0 bridgehead atoms. The molecule has 5 atom stereocenters. The van der Waals surface area contributed by atoms with E-state index in [-0.39, 0.29) is 24.4 Å². The highest BCUT2D eigenvalue weighted by atomic mass is 16.8. The second-order valence-electron chi connectivity index (χ2n) is 7.51. The molecule has 0 amide bonds. The van der Waals surface area contributed by atoms with Gasteiger partial charge in [-0.1, -0.05) is 0 Å². The number of nitrogen functional groups attached to an aromatic ring is 1. The number of ether oxygens (including phenoxy) is 3. The average Bonchev–Trinajstić information content (AvgIpc) is 3.27. The van der Waals surface area contributed by atoms with E-state index in [4.69, 9.17) is 25.7 Å². The maximum atomic E-state index is 6.38. The van der Waals surface area contributed by atoms with Crippen LogP contribution in [0.1, 0.15) is 32.9 Å². The molecule has 2 aliphatic rings. The smallest absolute Gasteiger partial charge is 0.167 e. The van der Waals surface area contributed by atoms with E-state index >= 15 is 0 Å². The Morgan fingerprint density at radius 3 is 2.78 bits per heavy atom. The van der Waals surface area contributed by atoms with Gasteiger partial charge in [-0.15, -0.1) is 0 Å². The summed E-state index contributed by atoms with van der Waals surface area (Å²) < 4.78 is 20.6. The van der Waals surface area contributed by atoms with Crippen LogP contribution in [0.3, 0.4) is 0 Å². The lowest BCUT2D eigenvalue weighted by atomic mass is 10.0. The van der Waals surface area contributed by atoms with E-state index in [1.54, 1.807) is 6.33 Å². The summed E-state index contributed by atoms with van der Waals surface area (Å²) in [6, 6.07) is 0.240. The maximum Gasteiger partial charge on any atom is 0.167 e. The van der Waals surface area contributed by atoms with Crippen LogP contribution in [0.25, 0.3) is 11.2 Å². The fourth-order valence-electron chi connectivity index (χ4n) is 3.99. The molecule has 5 N–H and O–H groups in total. The van der Waals surface area contributed by atoms with Gasteiger partial charge in [-0.3, -0.25) is 4.57 Å². The molecule has 0 saturated carbocycles. The minimum atomic E-state index is -0.678. The van der Waals surface area contributed by atoms with E-state index < -0.39 is 12.0 Å². The van der Waals surface area contributed by atoms with E-state index in [0.29, 0.717) is 23.5 Å². The van der Waals surface area contributed by atoms with Crippen LogP contribution in [0.2, 0.25) is 0 Å². The zero-order chi connectivity index (χ0) is 19.2. The van der Waals surface area contributed by atoms with Crippen LogP contribution < -0.4 is 16.8 Å². The van der Waals surface area contributed by atoms with E-state index in [1.807, 2.05) is 25.5 Å². The molecule has 0 spiro atoms. The normalized spacial score (nSPS) is 30.7. The molecule has 0 aromatic carbocycles. The van der Waals surface area contributed by atoms with Gasteiger partial charge in [-0.05, 0) is 40.3 Å². The molecule has 1 unspecified atom stereocenters. The van der Waals surface area contributed by atoms with Crippen molar-refractivity contribution in [2.24, 2.45) is 5.73 Å². The SMILES string of the molecule is CNC(CCN)C[C@H]1O[C@@H](n2cnc3c(N)ncnc32)[C@@H]2OC(C)(C)O[C@@H]21. The third kappa shape index (κ3) is 3.27. The highest BCUT2D eigenvalue weighted by molar-refractivity contribution is 5.81. The molecule has 4 heterocycles. The number of imidazole rings is 1. The number of hydrogen-bond donors (Lipinski definition) is 3. The fourth-order valence-corrected chi connectivity index (χ4v) is 3.99. The Kier molecular flexibility index (Phi) is 4.77. The summed E-state index contributed by atoms with van der Waals surface area (Å²) in [5.74, 6) is -0.338. The summed E-state index contributed by atoms with van der Waals surface area (Å²) >= 11 is 0. The number of fused-ring (bicyclic) bond motifs is 2. The lowest BCUT2D eigenvalue weighted by Gasteiger charge is -2.26. The first-order valence-corrected chi connectivity index (χ1v) is 9.25. The van der Waals surface area contributed by atoms with Crippen LogP contribution in [0.5, 0.6) is 0 Å². The lowest BCUT2D eigenvalue weighted by molar-refractivity contribution is -0.197. The number of nitrogens with two attached hydrogens (primary N) is 2. The predicted molar refractivity (Wildman–Crippen MR) is 98.6 cm³/mol. The number of nitrogens with zero attached hydrogens (tertiary/aromatic N) is 4. The molecule has 2 fully saturated rings. The Hall–Kier alpha value is -1.85.